The van der Waals surface area contributed by atoms with E-state index in [9.17, 15) is 4.79 Å². The first kappa shape index (κ1) is 25.5. The highest BCUT2D eigenvalue weighted by atomic mass is 16.5. The molecular formula is C21H36N2O6. The van der Waals surface area contributed by atoms with Gasteiger partial charge in [0.1, 0.15) is 5.69 Å². The maximum Gasteiger partial charge on any atom is 0.354 e. The molecule has 166 valence electrons. The molecule has 1 aromatic heterocycles. The van der Waals surface area contributed by atoms with Crippen molar-refractivity contribution in [3.05, 3.63) is 29.6 Å². The highest BCUT2D eigenvalue weighted by Crippen LogP contribution is 2.04. The van der Waals surface area contributed by atoms with E-state index in [1.54, 1.807) is 6.07 Å². The molecule has 0 aliphatic rings. The van der Waals surface area contributed by atoms with E-state index in [1.165, 1.54) is 6.07 Å². The van der Waals surface area contributed by atoms with E-state index in [0.717, 1.165) is 26.1 Å². The van der Waals surface area contributed by atoms with E-state index in [-0.39, 0.29) is 5.69 Å². The number of carboxylic acids is 1. The molecule has 0 radical (unpaired) electrons. The molecule has 0 saturated heterocycles. The predicted octanol–water partition coefficient (Wildman–Crippen LogP) is 2.47. The topological polar surface area (TPSA) is 90.4 Å². The number of ether oxygens (including phenoxy) is 4. The van der Waals surface area contributed by atoms with Crippen LogP contribution in [0.25, 0.3) is 0 Å². The predicted molar refractivity (Wildman–Crippen MR) is 110 cm³/mol. The van der Waals surface area contributed by atoms with Crippen LogP contribution in [0, 0.1) is 0 Å². The fourth-order valence-electron chi connectivity index (χ4n) is 2.51. The van der Waals surface area contributed by atoms with Crippen molar-refractivity contribution in [3.63, 3.8) is 0 Å². The minimum atomic E-state index is -1.02. The number of aromatic nitrogens is 1. The largest absolute Gasteiger partial charge is 0.477 e. The van der Waals surface area contributed by atoms with Gasteiger partial charge in [0.25, 0.3) is 0 Å². The highest BCUT2D eigenvalue weighted by molar-refractivity contribution is 5.85. The maximum absolute atomic E-state index is 11.1. The Bertz CT molecular complexity index is 526. The Kier molecular flexibility index (Phi) is 15.2. The van der Waals surface area contributed by atoms with Crippen molar-refractivity contribution >= 4 is 5.97 Å². The maximum atomic E-state index is 11.1. The van der Waals surface area contributed by atoms with Gasteiger partial charge in [-0.2, -0.15) is 0 Å². The summed E-state index contributed by atoms with van der Waals surface area (Å²) in [5.74, 6) is -1.02. The molecular weight excluding hydrogens is 376 g/mol. The molecule has 8 nitrogen and oxygen atoms in total. The van der Waals surface area contributed by atoms with Gasteiger partial charge < -0.3 is 24.1 Å². The molecule has 1 N–H and O–H groups in total. The Morgan fingerprint density at radius 2 is 1.38 bits per heavy atom. The Morgan fingerprint density at radius 3 is 1.86 bits per heavy atom. The van der Waals surface area contributed by atoms with Crippen molar-refractivity contribution in [2.24, 2.45) is 0 Å². The lowest BCUT2D eigenvalue weighted by Crippen LogP contribution is -2.31. The summed E-state index contributed by atoms with van der Waals surface area (Å²) >= 11 is 0. The first-order valence-corrected chi connectivity index (χ1v) is 10.4. The third-order valence-corrected chi connectivity index (χ3v) is 3.96. The van der Waals surface area contributed by atoms with E-state index >= 15 is 0 Å². The quantitative estimate of drug-likeness (QED) is 0.347. The van der Waals surface area contributed by atoms with Crippen LogP contribution in [0.3, 0.4) is 0 Å². The summed E-state index contributed by atoms with van der Waals surface area (Å²) in [5.41, 5.74) is 0.763. The summed E-state index contributed by atoms with van der Waals surface area (Å²) in [7, 11) is 0. The summed E-state index contributed by atoms with van der Waals surface area (Å²) < 4.78 is 22.1. The van der Waals surface area contributed by atoms with Crippen LogP contribution in [0.15, 0.2) is 18.2 Å². The molecule has 0 bridgehead atoms. The zero-order valence-corrected chi connectivity index (χ0v) is 17.8. The van der Waals surface area contributed by atoms with Crippen LogP contribution < -0.4 is 0 Å². The lowest BCUT2D eigenvalue weighted by atomic mass is 10.3. The average Bonchev–Trinajstić information content (AvgIpc) is 2.72. The van der Waals surface area contributed by atoms with Gasteiger partial charge in [0.15, 0.2) is 0 Å². The molecule has 29 heavy (non-hydrogen) atoms. The second kappa shape index (κ2) is 17.3. The molecule has 0 aliphatic carbocycles. The van der Waals surface area contributed by atoms with E-state index in [0.29, 0.717) is 65.0 Å². The van der Waals surface area contributed by atoms with E-state index in [2.05, 4.69) is 23.7 Å². The number of nitrogens with zero attached hydrogens (tertiary/aromatic N) is 2. The first-order valence-electron chi connectivity index (χ1n) is 10.4. The second-order valence-corrected chi connectivity index (χ2v) is 6.54. The van der Waals surface area contributed by atoms with Crippen LogP contribution in [0.2, 0.25) is 0 Å². The van der Waals surface area contributed by atoms with Crippen molar-refractivity contribution in [1.82, 2.24) is 9.88 Å². The Hall–Kier alpha value is -1.58. The molecule has 0 atom stereocenters. The van der Waals surface area contributed by atoms with Crippen LogP contribution >= 0.6 is 0 Å². The Labute approximate surface area is 174 Å². The zero-order valence-electron chi connectivity index (χ0n) is 17.8. The molecule has 0 fully saturated rings. The van der Waals surface area contributed by atoms with Crippen molar-refractivity contribution in [1.29, 1.82) is 0 Å². The number of rotatable bonds is 19. The SMILES string of the molecule is CCCOCCOCCN(CCOCCOCCC)Cc1cccc(C(=O)O)n1. The summed E-state index contributed by atoms with van der Waals surface area (Å²) in [5, 5.41) is 9.13. The second-order valence-electron chi connectivity index (χ2n) is 6.54. The summed E-state index contributed by atoms with van der Waals surface area (Å²) in [6.45, 7) is 11.0. The van der Waals surface area contributed by atoms with Gasteiger partial charge >= 0.3 is 5.97 Å². The molecule has 0 spiro atoms. The van der Waals surface area contributed by atoms with Crippen molar-refractivity contribution in [3.8, 4) is 0 Å². The van der Waals surface area contributed by atoms with Gasteiger partial charge in [0.2, 0.25) is 0 Å². The number of aromatic carboxylic acids is 1. The van der Waals surface area contributed by atoms with E-state index in [1.807, 2.05) is 6.07 Å². The van der Waals surface area contributed by atoms with Crippen molar-refractivity contribution in [2.75, 3.05) is 65.9 Å². The first-order chi connectivity index (χ1) is 14.2. The van der Waals surface area contributed by atoms with Crippen LogP contribution in [-0.2, 0) is 25.5 Å². The van der Waals surface area contributed by atoms with Gasteiger partial charge in [-0.25, -0.2) is 9.78 Å². The van der Waals surface area contributed by atoms with E-state index < -0.39 is 5.97 Å². The fraction of sp³-hybridized carbons (Fsp3) is 0.714. The molecule has 1 heterocycles. The van der Waals surface area contributed by atoms with Crippen LogP contribution in [0.5, 0.6) is 0 Å². The molecule has 8 heteroatoms. The van der Waals surface area contributed by atoms with Gasteiger partial charge in [-0.3, -0.25) is 4.90 Å². The summed E-state index contributed by atoms with van der Waals surface area (Å²) in [4.78, 5) is 17.5. The third-order valence-electron chi connectivity index (χ3n) is 3.96. The smallest absolute Gasteiger partial charge is 0.354 e. The highest BCUT2D eigenvalue weighted by Gasteiger charge is 2.10. The molecule has 0 aromatic carbocycles. The number of carboxylic acid groups (broad SMARTS) is 1. The lowest BCUT2D eigenvalue weighted by Gasteiger charge is -2.22. The minimum Gasteiger partial charge on any atom is -0.477 e. The fourth-order valence-corrected chi connectivity index (χ4v) is 2.51. The number of pyridine rings is 1. The molecule has 1 rings (SSSR count). The third kappa shape index (κ3) is 13.3. The normalized spacial score (nSPS) is 11.3. The number of hydrogen-bond acceptors (Lipinski definition) is 7. The van der Waals surface area contributed by atoms with Gasteiger partial charge in [0, 0.05) is 32.8 Å². The molecule has 1 aromatic rings. The van der Waals surface area contributed by atoms with Crippen molar-refractivity contribution < 1.29 is 28.8 Å². The van der Waals surface area contributed by atoms with Crippen molar-refractivity contribution in [2.45, 2.75) is 33.2 Å². The van der Waals surface area contributed by atoms with E-state index in [4.69, 9.17) is 24.1 Å². The van der Waals surface area contributed by atoms with Crippen LogP contribution in [-0.4, -0.2) is 86.9 Å². The molecule has 0 unspecified atom stereocenters. The monoisotopic (exact) mass is 412 g/mol. The molecule has 0 aliphatic heterocycles. The van der Waals surface area contributed by atoms with Gasteiger partial charge in [-0.15, -0.1) is 0 Å². The number of hydrogen-bond donors (Lipinski definition) is 1. The van der Waals surface area contributed by atoms with Crippen LogP contribution in [0.4, 0.5) is 0 Å². The molecule has 0 amide bonds. The van der Waals surface area contributed by atoms with Crippen LogP contribution in [0.1, 0.15) is 42.9 Å². The Morgan fingerprint density at radius 1 is 0.862 bits per heavy atom. The average molecular weight is 413 g/mol. The zero-order chi connectivity index (χ0) is 21.2. The summed E-state index contributed by atoms with van der Waals surface area (Å²) in [6.07, 6.45) is 2.00. The molecule has 0 saturated carbocycles. The van der Waals surface area contributed by atoms with Gasteiger partial charge in [-0.1, -0.05) is 19.9 Å². The number of carbonyl (C=O) groups is 1. The lowest BCUT2D eigenvalue weighted by molar-refractivity contribution is 0.0224. The minimum absolute atomic E-state index is 0.0519. The Balaban J connectivity index is 2.41. The van der Waals surface area contributed by atoms with Gasteiger partial charge in [-0.05, 0) is 25.0 Å². The summed E-state index contributed by atoms with van der Waals surface area (Å²) in [6, 6.07) is 5.04. The van der Waals surface area contributed by atoms with Gasteiger partial charge in [0.05, 0.1) is 45.3 Å². The standard InChI is InChI=1S/C21H36N2O6/c1-3-10-26-14-16-28-12-8-23(9-13-29-17-15-27-11-4-2)18-19-6-5-7-20(22-19)21(24)25/h5-7H,3-4,8-18H2,1-2H3,(H,24,25).